The van der Waals surface area contributed by atoms with Gasteiger partial charge in [-0.3, -0.25) is 0 Å². The average Bonchev–Trinajstić information content (AvgIpc) is 3.22. The lowest BCUT2D eigenvalue weighted by molar-refractivity contribution is 0.464. The topological polar surface area (TPSA) is 28.2 Å². The quantitative estimate of drug-likeness (QED) is 0.865. The van der Waals surface area contributed by atoms with E-state index in [1.54, 1.807) is 0 Å². The lowest BCUT2D eigenvalue weighted by Crippen LogP contribution is -2.30. The summed E-state index contributed by atoms with van der Waals surface area (Å²) >= 11 is 1.93. The van der Waals surface area contributed by atoms with E-state index in [9.17, 15) is 0 Å². The van der Waals surface area contributed by atoms with E-state index >= 15 is 0 Å². The van der Waals surface area contributed by atoms with Crippen LogP contribution in [0.1, 0.15) is 62.6 Å². The van der Waals surface area contributed by atoms with Gasteiger partial charge in [-0.2, -0.15) is 0 Å². The third kappa shape index (κ3) is 2.86. The number of fused-ring (bicyclic) bond motifs is 1. The Kier molecular flexibility index (Phi) is 4.32. The molecule has 1 fully saturated rings. The first-order chi connectivity index (χ1) is 9.70. The summed E-state index contributed by atoms with van der Waals surface area (Å²) in [5, 5.41) is 4.93. The summed E-state index contributed by atoms with van der Waals surface area (Å²) in [5.41, 5.74) is 1.36. The first-order valence-corrected chi connectivity index (χ1v) is 8.98. The van der Waals surface area contributed by atoms with Crippen molar-refractivity contribution in [2.75, 3.05) is 18.5 Å². The summed E-state index contributed by atoms with van der Waals surface area (Å²) < 4.78 is 0. The number of hydrogen-bond acceptors (Lipinski definition) is 4. The monoisotopic (exact) mass is 293 g/mol. The SMILES string of the molecule is CCCNC1CCCc2nc(N(C)C(C)C3CC3)sc21. The number of aryl methyl sites for hydroxylation is 1. The Morgan fingerprint density at radius 2 is 2.20 bits per heavy atom. The predicted octanol–water partition coefficient (Wildman–Crippen LogP) is 3.75. The number of anilines is 1. The summed E-state index contributed by atoms with van der Waals surface area (Å²) in [6, 6.07) is 1.19. The normalized spacial score (nSPS) is 23.4. The van der Waals surface area contributed by atoms with Gasteiger partial charge in [-0.25, -0.2) is 4.98 Å². The van der Waals surface area contributed by atoms with Crippen LogP contribution in [0.25, 0.3) is 0 Å². The Hall–Kier alpha value is -0.610. The van der Waals surface area contributed by atoms with Gasteiger partial charge in [0, 0.05) is 24.0 Å². The summed E-state index contributed by atoms with van der Waals surface area (Å²) in [6.45, 7) is 5.70. The van der Waals surface area contributed by atoms with E-state index in [2.05, 4.69) is 31.1 Å². The fourth-order valence-electron chi connectivity index (χ4n) is 3.14. The van der Waals surface area contributed by atoms with Gasteiger partial charge in [-0.15, -0.1) is 0 Å². The van der Waals surface area contributed by atoms with Crippen molar-refractivity contribution < 1.29 is 0 Å². The number of thiazole rings is 1. The molecule has 1 aromatic rings. The highest BCUT2D eigenvalue weighted by Crippen LogP contribution is 2.41. The second kappa shape index (κ2) is 6.02. The first kappa shape index (κ1) is 14.3. The van der Waals surface area contributed by atoms with E-state index in [0.29, 0.717) is 12.1 Å². The van der Waals surface area contributed by atoms with Crippen LogP contribution in [0.3, 0.4) is 0 Å². The summed E-state index contributed by atoms with van der Waals surface area (Å²) in [6.07, 6.45) is 7.72. The van der Waals surface area contributed by atoms with Crippen molar-refractivity contribution in [2.24, 2.45) is 5.92 Å². The Bertz CT molecular complexity index is 453. The van der Waals surface area contributed by atoms with Gasteiger partial charge in [0.25, 0.3) is 0 Å². The van der Waals surface area contributed by atoms with Crippen LogP contribution in [-0.4, -0.2) is 24.6 Å². The maximum absolute atomic E-state index is 4.94. The van der Waals surface area contributed by atoms with Gasteiger partial charge in [-0.1, -0.05) is 18.3 Å². The molecule has 2 atom stereocenters. The first-order valence-electron chi connectivity index (χ1n) is 8.16. The predicted molar refractivity (Wildman–Crippen MR) is 86.7 cm³/mol. The van der Waals surface area contributed by atoms with Gasteiger partial charge in [-0.05, 0) is 57.9 Å². The fourth-order valence-corrected chi connectivity index (χ4v) is 4.41. The highest BCUT2D eigenvalue weighted by atomic mass is 32.1. The number of nitrogens with one attached hydrogen (secondary N) is 1. The highest BCUT2D eigenvalue weighted by Gasteiger charge is 2.33. The van der Waals surface area contributed by atoms with Crippen LogP contribution in [0.5, 0.6) is 0 Å². The molecule has 3 nitrogen and oxygen atoms in total. The van der Waals surface area contributed by atoms with Crippen molar-refractivity contribution in [1.82, 2.24) is 10.3 Å². The van der Waals surface area contributed by atoms with Crippen LogP contribution in [-0.2, 0) is 6.42 Å². The molecule has 4 heteroatoms. The molecule has 0 bridgehead atoms. The summed E-state index contributed by atoms with van der Waals surface area (Å²) in [4.78, 5) is 8.87. The lowest BCUT2D eigenvalue weighted by Gasteiger charge is -2.24. The van der Waals surface area contributed by atoms with Crippen molar-refractivity contribution in [1.29, 1.82) is 0 Å². The molecule has 1 aromatic heterocycles. The van der Waals surface area contributed by atoms with Crippen LogP contribution in [0.15, 0.2) is 0 Å². The number of hydrogen-bond donors (Lipinski definition) is 1. The maximum atomic E-state index is 4.94. The summed E-state index contributed by atoms with van der Waals surface area (Å²) in [5.74, 6) is 0.898. The van der Waals surface area contributed by atoms with Gasteiger partial charge in [0.05, 0.1) is 5.69 Å². The zero-order valence-corrected chi connectivity index (χ0v) is 13.8. The molecule has 1 N–H and O–H groups in total. The second-order valence-electron chi connectivity index (χ2n) is 6.40. The van der Waals surface area contributed by atoms with Gasteiger partial charge in [0.1, 0.15) is 0 Å². The molecule has 2 aliphatic rings. The molecule has 2 unspecified atom stereocenters. The zero-order chi connectivity index (χ0) is 14.1. The Morgan fingerprint density at radius 3 is 2.90 bits per heavy atom. The van der Waals surface area contributed by atoms with Gasteiger partial charge in [0.15, 0.2) is 5.13 Å². The molecule has 0 aromatic carbocycles. The maximum Gasteiger partial charge on any atom is 0.185 e. The van der Waals surface area contributed by atoms with E-state index in [4.69, 9.17) is 4.98 Å². The van der Waals surface area contributed by atoms with Gasteiger partial charge in [0.2, 0.25) is 0 Å². The largest absolute Gasteiger partial charge is 0.348 e. The van der Waals surface area contributed by atoms with Crippen molar-refractivity contribution >= 4 is 16.5 Å². The molecule has 3 rings (SSSR count). The molecule has 1 heterocycles. The molecular weight excluding hydrogens is 266 g/mol. The van der Waals surface area contributed by atoms with Crippen molar-refractivity contribution in [2.45, 2.75) is 64.5 Å². The Labute approximate surface area is 126 Å². The van der Waals surface area contributed by atoms with Crippen molar-refractivity contribution in [3.8, 4) is 0 Å². The minimum Gasteiger partial charge on any atom is -0.348 e. The van der Waals surface area contributed by atoms with Crippen LogP contribution < -0.4 is 10.2 Å². The molecule has 0 radical (unpaired) electrons. The minimum atomic E-state index is 0.551. The molecule has 0 aliphatic heterocycles. The standard InChI is InChI=1S/C16H27N3S/c1-4-10-17-13-6-5-7-14-15(13)20-16(18-14)19(3)11(2)12-8-9-12/h11-13,17H,4-10H2,1-3H3. The Morgan fingerprint density at radius 1 is 1.40 bits per heavy atom. The van der Waals surface area contributed by atoms with E-state index in [-0.39, 0.29) is 0 Å². The van der Waals surface area contributed by atoms with E-state index in [1.807, 2.05) is 11.3 Å². The number of aromatic nitrogens is 1. The van der Waals surface area contributed by atoms with Crippen molar-refractivity contribution in [3.63, 3.8) is 0 Å². The number of rotatable bonds is 6. The van der Waals surface area contributed by atoms with Crippen molar-refractivity contribution in [3.05, 3.63) is 10.6 Å². The zero-order valence-electron chi connectivity index (χ0n) is 13.0. The third-order valence-electron chi connectivity index (χ3n) is 4.80. The van der Waals surface area contributed by atoms with Crippen LogP contribution in [0.2, 0.25) is 0 Å². The smallest absolute Gasteiger partial charge is 0.185 e. The lowest BCUT2D eigenvalue weighted by atomic mass is 9.98. The molecule has 1 saturated carbocycles. The van der Waals surface area contributed by atoms with E-state index in [0.717, 1.165) is 12.5 Å². The Balaban J connectivity index is 1.75. The average molecular weight is 293 g/mol. The van der Waals surface area contributed by atoms with Gasteiger partial charge < -0.3 is 10.2 Å². The van der Waals surface area contributed by atoms with Gasteiger partial charge >= 0.3 is 0 Å². The molecule has 0 saturated heterocycles. The van der Waals surface area contributed by atoms with E-state index < -0.39 is 0 Å². The minimum absolute atomic E-state index is 0.551. The summed E-state index contributed by atoms with van der Waals surface area (Å²) in [7, 11) is 2.22. The van der Waals surface area contributed by atoms with Crippen LogP contribution in [0, 0.1) is 5.92 Å². The fraction of sp³-hybridized carbons (Fsp3) is 0.812. The van der Waals surface area contributed by atoms with Crippen LogP contribution >= 0.6 is 11.3 Å². The third-order valence-corrected chi connectivity index (χ3v) is 6.10. The number of nitrogens with zero attached hydrogens (tertiary/aromatic N) is 2. The van der Waals surface area contributed by atoms with E-state index in [1.165, 1.54) is 54.2 Å². The molecule has 2 aliphatic carbocycles. The molecule has 112 valence electrons. The molecule has 0 spiro atoms. The molecule has 20 heavy (non-hydrogen) atoms. The molecule has 0 amide bonds. The second-order valence-corrected chi connectivity index (χ2v) is 7.40. The van der Waals surface area contributed by atoms with Crippen LogP contribution in [0.4, 0.5) is 5.13 Å². The highest BCUT2D eigenvalue weighted by molar-refractivity contribution is 7.15. The molecular formula is C16H27N3S.